The third kappa shape index (κ3) is 1.41. The van der Waals surface area contributed by atoms with E-state index in [1.807, 2.05) is 6.07 Å². The Kier molecular flexibility index (Phi) is 2.20. The first-order chi connectivity index (χ1) is 6.33. The van der Waals surface area contributed by atoms with Crippen molar-refractivity contribution in [2.45, 2.75) is 18.9 Å². The molecule has 0 aliphatic carbocycles. The third-order valence-corrected chi connectivity index (χ3v) is 2.68. The molecule has 0 saturated carbocycles. The maximum Gasteiger partial charge on any atom is 0.0578 e. The van der Waals surface area contributed by atoms with Crippen LogP contribution in [0, 0.1) is 0 Å². The molecule has 1 unspecified atom stereocenters. The molecular formula is C10H15N3. The lowest BCUT2D eigenvalue weighted by Gasteiger charge is -2.34. The van der Waals surface area contributed by atoms with Crippen LogP contribution in [-0.2, 0) is 6.42 Å². The normalized spacial score (nSPS) is 21.4. The number of aryl methyl sites for hydroxylation is 1. The van der Waals surface area contributed by atoms with Crippen molar-refractivity contribution in [2.75, 3.05) is 11.6 Å². The van der Waals surface area contributed by atoms with Gasteiger partial charge in [0.1, 0.15) is 0 Å². The monoisotopic (exact) mass is 177 g/mol. The zero-order valence-electron chi connectivity index (χ0n) is 7.61. The number of hydrazine groups is 1. The number of para-hydroxylation sites is 1. The molecule has 0 saturated heterocycles. The van der Waals surface area contributed by atoms with E-state index in [1.165, 1.54) is 5.56 Å². The maximum atomic E-state index is 5.95. The topological polar surface area (TPSA) is 55.3 Å². The Hall–Kier alpha value is -1.06. The summed E-state index contributed by atoms with van der Waals surface area (Å²) in [5.41, 5.74) is 8.09. The quantitative estimate of drug-likeness (QED) is 0.619. The molecular weight excluding hydrogens is 162 g/mol. The van der Waals surface area contributed by atoms with Gasteiger partial charge in [-0.05, 0) is 24.5 Å². The summed E-state index contributed by atoms with van der Waals surface area (Å²) in [5.74, 6) is 5.95. The lowest BCUT2D eigenvalue weighted by molar-refractivity contribution is 0.543. The molecule has 2 rings (SSSR count). The first kappa shape index (κ1) is 8.53. The van der Waals surface area contributed by atoms with Gasteiger partial charge in [0.25, 0.3) is 0 Å². The van der Waals surface area contributed by atoms with Gasteiger partial charge in [0.2, 0.25) is 0 Å². The van der Waals surface area contributed by atoms with Crippen LogP contribution in [0.25, 0.3) is 0 Å². The van der Waals surface area contributed by atoms with E-state index < -0.39 is 0 Å². The minimum absolute atomic E-state index is 0.301. The van der Waals surface area contributed by atoms with Crippen LogP contribution in [0.15, 0.2) is 24.3 Å². The van der Waals surface area contributed by atoms with Gasteiger partial charge in [-0.25, -0.2) is 5.84 Å². The molecule has 0 spiro atoms. The molecule has 1 aliphatic rings. The second-order valence-electron chi connectivity index (χ2n) is 3.46. The van der Waals surface area contributed by atoms with Crippen molar-refractivity contribution in [1.29, 1.82) is 0 Å². The fraction of sp³-hybridized carbons (Fsp3) is 0.400. The summed E-state index contributed by atoms with van der Waals surface area (Å²) in [6.07, 6.45) is 2.15. The zero-order valence-corrected chi connectivity index (χ0v) is 7.61. The van der Waals surface area contributed by atoms with Crippen molar-refractivity contribution >= 4 is 5.69 Å². The van der Waals surface area contributed by atoms with Crippen molar-refractivity contribution in [3.63, 3.8) is 0 Å². The molecule has 0 bridgehead atoms. The zero-order chi connectivity index (χ0) is 9.26. The molecule has 0 amide bonds. The Morgan fingerprint density at radius 3 is 2.92 bits per heavy atom. The molecule has 0 radical (unpaired) electrons. The molecule has 1 aliphatic heterocycles. The summed E-state index contributed by atoms with van der Waals surface area (Å²) in [6.45, 7) is 0.630. The number of benzene rings is 1. The van der Waals surface area contributed by atoms with Crippen LogP contribution in [0.5, 0.6) is 0 Å². The summed E-state index contributed by atoms with van der Waals surface area (Å²) in [6, 6.07) is 8.54. The van der Waals surface area contributed by atoms with E-state index in [0.29, 0.717) is 12.6 Å². The van der Waals surface area contributed by atoms with Gasteiger partial charge in [0.05, 0.1) is 11.7 Å². The molecule has 1 atom stereocenters. The minimum atomic E-state index is 0.301. The van der Waals surface area contributed by atoms with Gasteiger partial charge in [-0.2, -0.15) is 0 Å². The number of nitrogens with two attached hydrogens (primary N) is 2. The second-order valence-corrected chi connectivity index (χ2v) is 3.46. The Bertz CT molecular complexity index is 298. The highest BCUT2D eigenvalue weighted by molar-refractivity contribution is 5.55. The first-order valence-corrected chi connectivity index (χ1v) is 4.65. The van der Waals surface area contributed by atoms with Gasteiger partial charge in [-0.3, -0.25) is 0 Å². The highest BCUT2D eigenvalue weighted by Gasteiger charge is 2.21. The van der Waals surface area contributed by atoms with Crippen molar-refractivity contribution < 1.29 is 0 Å². The third-order valence-electron chi connectivity index (χ3n) is 2.68. The number of anilines is 1. The van der Waals surface area contributed by atoms with Crippen molar-refractivity contribution in [3.05, 3.63) is 29.8 Å². The van der Waals surface area contributed by atoms with Crippen LogP contribution in [-0.4, -0.2) is 12.6 Å². The van der Waals surface area contributed by atoms with Gasteiger partial charge < -0.3 is 10.7 Å². The minimum Gasteiger partial charge on any atom is -0.328 e. The predicted molar refractivity (Wildman–Crippen MR) is 54.3 cm³/mol. The number of nitrogens with zero attached hydrogens (tertiary/aromatic N) is 1. The molecule has 1 aromatic carbocycles. The largest absolute Gasteiger partial charge is 0.328 e. The molecule has 1 aromatic rings. The molecule has 3 heteroatoms. The van der Waals surface area contributed by atoms with Crippen molar-refractivity contribution in [3.8, 4) is 0 Å². The van der Waals surface area contributed by atoms with Crippen LogP contribution < -0.4 is 16.6 Å². The van der Waals surface area contributed by atoms with Crippen molar-refractivity contribution in [2.24, 2.45) is 11.6 Å². The van der Waals surface area contributed by atoms with Crippen molar-refractivity contribution in [1.82, 2.24) is 0 Å². The van der Waals surface area contributed by atoms with Gasteiger partial charge in [-0.15, -0.1) is 0 Å². The molecule has 1 heterocycles. The Balaban J connectivity index is 2.33. The summed E-state index contributed by atoms with van der Waals surface area (Å²) in [7, 11) is 0. The van der Waals surface area contributed by atoms with Gasteiger partial charge in [0.15, 0.2) is 0 Å². The van der Waals surface area contributed by atoms with Gasteiger partial charge in [-0.1, -0.05) is 18.2 Å². The van der Waals surface area contributed by atoms with E-state index in [9.17, 15) is 0 Å². The second kappa shape index (κ2) is 3.36. The van der Waals surface area contributed by atoms with E-state index >= 15 is 0 Å². The smallest absolute Gasteiger partial charge is 0.0578 e. The Morgan fingerprint density at radius 1 is 1.38 bits per heavy atom. The van der Waals surface area contributed by atoms with Crippen LogP contribution in [0.1, 0.15) is 12.0 Å². The van der Waals surface area contributed by atoms with Crippen LogP contribution in [0.3, 0.4) is 0 Å². The average molecular weight is 177 g/mol. The lowest BCUT2D eigenvalue weighted by Crippen LogP contribution is -2.48. The number of hydrogen-bond acceptors (Lipinski definition) is 3. The van der Waals surface area contributed by atoms with E-state index in [0.717, 1.165) is 18.5 Å². The van der Waals surface area contributed by atoms with Crippen LogP contribution in [0.2, 0.25) is 0 Å². The summed E-state index contributed by atoms with van der Waals surface area (Å²) in [5, 5.41) is 1.80. The lowest BCUT2D eigenvalue weighted by atomic mass is 9.97. The van der Waals surface area contributed by atoms with E-state index in [1.54, 1.807) is 5.01 Å². The standard InChI is InChI=1S/C10H15N3/c11-7-9-6-5-8-3-1-2-4-10(8)13(9)12/h1-4,9H,5-7,11-12H2. The van der Waals surface area contributed by atoms with Crippen LogP contribution >= 0.6 is 0 Å². The fourth-order valence-electron chi connectivity index (χ4n) is 1.86. The predicted octanol–water partition coefficient (Wildman–Crippen LogP) is 0.640. The Morgan fingerprint density at radius 2 is 2.15 bits per heavy atom. The summed E-state index contributed by atoms with van der Waals surface area (Å²) < 4.78 is 0. The van der Waals surface area contributed by atoms with E-state index in [2.05, 4.69) is 18.2 Å². The Labute approximate surface area is 78.3 Å². The van der Waals surface area contributed by atoms with Gasteiger partial charge >= 0.3 is 0 Å². The first-order valence-electron chi connectivity index (χ1n) is 4.65. The number of hydrogen-bond donors (Lipinski definition) is 2. The van der Waals surface area contributed by atoms with E-state index in [-0.39, 0.29) is 0 Å². The molecule has 3 nitrogen and oxygen atoms in total. The number of fused-ring (bicyclic) bond motifs is 1. The SMILES string of the molecule is NCC1CCc2ccccc2N1N. The molecule has 0 fully saturated rings. The highest BCUT2D eigenvalue weighted by atomic mass is 15.4. The van der Waals surface area contributed by atoms with Crippen LogP contribution in [0.4, 0.5) is 5.69 Å². The number of rotatable bonds is 1. The fourth-order valence-corrected chi connectivity index (χ4v) is 1.86. The molecule has 70 valence electrons. The molecule has 0 aromatic heterocycles. The van der Waals surface area contributed by atoms with E-state index in [4.69, 9.17) is 11.6 Å². The summed E-state index contributed by atoms with van der Waals surface area (Å²) in [4.78, 5) is 0. The van der Waals surface area contributed by atoms with Gasteiger partial charge in [0, 0.05) is 6.54 Å². The highest BCUT2D eigenvalue weighted by Crippen LogP contribution is 2.27. The molecule has 13 heavy (non-hydrogen) atoms. The maximum absolute atomic E-state index is 5.95. The molecule has 4 N–H and O–H groups in total. The summed E-state index contributed by atoms with van der Waals surface area (Å²) >= 11 is 0. The average Bonchev–Trinajstić information content (AvgIpc) is 2.19.